The van der Waals surface area contributed by atoms with Gasteiger partial charge in [0, 0.05) is 41.7 Å². The van der Waals surface area contributed by atoms with E-state index >= 15 is 0 Å². The highest BCUT2D eigenvalue weighted by Gasteiger charge is 2.67. The zero-order valence-electron chi connectivity index (χ0n) is 17.4. The van der Waals surface area contributed by atoms with Crippen molar-refractivity contribution < 1.29 is 14.4 Å². The molecular formula is C22H20Cl5N3O3. The first-order valence-corrected chi connectivity index (χ1v) is 11.9. The largest absolute Gasteiger partial charge is 0.356 e. The van der Waals surface area contributed by atoms with Gasteiger partial charge in [-0.3, -0.25) is 14.4 Å². The molecule has 176 valence electrons. The van der Waals surface area contributed by atoms with Gasteiger partial charge < -0.3 is 16.0 Å². The minimum atomic E-state index is -1.32. The number of carbonyl (C=O) groups is 3. The van der Waals surface area contributed by atoms with Crippen molar-refractivity contribution in [2.24, 2.45) is 5.92 Å². The number of hydrogen-bond acceptors (Lipinski definition) is 3. The van der Waals surface area contributed by atoms with Gasteiger partial charge in [-0.15, -0.1) is 23.2 Å². The number of carbonyl (C=O) groups excluding carboxylic acids is 3. The van der Waals surface area contributed by atoms with E-state index < -0.39 is 28.0 Å². The van der Waals surface area contributed by atoms with Crippen LogP contribution < -0.4 is 16.0 Å². The van der Waals surface area contributed by atoms with Crippen LogP contribution in [-0.4, -0.2) is 35.1 Å². The maximum Gasteiger partial charge on any atom is 0.252 e. The van der Waals surface area contributed by atoms with Crippen molar-refractivity contribution in [3.8, 4) is 0 Å². The summed E-state index contributed by atoms with van der Waals surface area (Å²) in [7, 11) is 0. The van der Waals surface area contributed by atoms with Gasteiger partial charge in [0.1, 0.15) is 4.33 Å². The van der Waals surface area contributed by atoms with E-state index in [-0.39, 0.29) is 16.5 Å². The molecule has 2 aromatic rings. The Morgan fingerprint density at radius 2 is 1.58 bits per heavy atom. The van der Waals surface area contributed by atoms with Crippen molar-refractivity contribution in [1.29, 1.82) is 0 Å². The van der Waals surface area contributed by atoms with Crippen LogP contribution in [0.4, 0.5) is 5.69 Å². The van der Waals surface area contributed by atoms with Crippen molar-refractivity contribution >= 4 is 81.4 Å². The third-order valence-electron chi connectivity index (χ3n) is 5.07. The molecule has 0 aromatic heterocycles. The number of amides is 3. The van der Waals surface area contributed by atoms with E-state index in [2.05, 4.69) is 16.0 Å². The number of anilines is 1. The van der Waals surface area contributed by atoms with E-state index in [9.17, 15) is 14.4 Å². The lowest BCUT2D eigenvalue weighted by Gasteiger charge is -2.10. The highest BCUT2D eigenvalue weighted by Crippen LogP contribution is 2.65. The van der Waals surface area contributed by atoms with E-state index in [0.29, 0.717) is 40.8 Å². The number of rotatable bonds is 8. The highest BCUT2D eigenvalue weighted by molar-refractivity contribution is 6.53. The maximum absolute atomic E-state index is 12.9. The van der Waals surface area contributed by atoms with Crippen LogP contribution in [0.25, 0.3) is 0 Å². The molecule has 1 aliphatic rings. The van der Waals surface area contributed by atoms with E-state index in [1.165, 1.54) is 19.1 Å². The highest BCUT2D eigenvalue weighted by atomic mass is 35.5. The molecule has 1 fully saturated rings. The third kappa shape index (κ3) is 6.46. The van der Waals surface area contributed by atoms with Crippen molar-refractivity contribution in [2.75, 3.05) is 18.4 Å². The van der Waals surface area contributed by atoms with Crippen LogP contribution in [0, 0.1) is 5.92 Å². The molecule has 3 rings (SSSR count). The fourth-order valence-electron chi connectivity index (χ4n) is 3.47. The van der Waals surface area contributed by atoms with Gasteiger partial charge >= 0.3 is 0 Å². The van der Waals surface area contributed by atoms with Gasteiger partial charge in [-0.25, -0.2) is 0 Å². The smallest absolute Gasteiger partial charge is 0.252 e. The fraction of sp³-hybridized carbons (Fsp3) is 0.318. The molecular weight excluding hydrogens is 532 g/mol. The Labute approximate surface area is 216 Å². The summed E-state index contributed by atoms with van der Waals surface area (Å²) in [5, 5.41) is 9.17. The predicted molar refractivity (Wildman–Crippen MR) is 133 cm³/mol. The fourth-order valence-corrected chi connectivity index (χ4v) is 5.04. The van der Waals surface area contributed by atoms with Gasteiger partial charge in [0.2, 0.25) is 11.8 Å². The molecule has 1 aliphatic carbocycles. The van der Waals surface area contributed by atoms with Crippen molar-refractivity contribution in [3.05, 3.63) is 62.6 Å². The average molecular weight is 552 g/mol. The van der Waals surface area contributed by atoms with Crippen LogP contribution in [0.2, 0.25) is 15.1 Å². The van der Waals surface area contributed by atoms with E-state index in [1.807, 2.05) is 0 Å². The molecule has 2 atom stereocenters. The summed E-state index contributed by atoms with van der Waals surface area (Å²) in [6.07, 6.45) is 0.559. The molecule has 0 saturated heterocycles. The van der Waals surface area contributed by atoms with E-state index in [0.717, 1.165) is 0 Å². The van der Waals surface area contributed by atoms with Crippen LogP contribution in [0.15, 0.2) is 36.4 Å². The second kappa shape index (κ2) is 10.7. The lowest BCUT2D eigenvalue weighted by molar-refractivity contribution is -0.119. The van der Waals surface area contributed by atoms with Crippen LogP contribution in [-0.2, 0) is 9.59 Å². The summed E-state index contributed by atoms with van der Waals surface area (Å²) in [5.74, 6) is -2.18. The van der Waals surface area contributed by atoms with E-state index in [4.69, 9.17) is 58.0 Å². The number of hydrogen-bond donors (Lipinski definition) is 3. The van der Waals surface area contributed by atoms with Crippen LogP contribution in [0.5, 0.6) is 0 Å². The Morgan fingerprint density at radius 1 is 0.939 bits per heavy atom. The molecule has 0 spiro atoms. The Balaban J connectivity index is 1.65. The topological polar surface area (TPSA) is 87.3 Å². The second-order valence-corrected chi connectivity index (χ2v) is 10.3. The Bertz CT molecular complexity index is 1070. The summed E-state index contributed by atoms with van der Waals surface area (Å²) < 4.78 is -1.32. The lowest BCUT2D eigenvalue weighted by atomic mass is 10.1. The minimum Gasteiger partial charge on any atom is -0.356 e. The normalized spacial score (nSPS) is 18.4. The summed E-state index contributed by atoms with van der Waals surface area (Å²) in [6, 6.07) is 9.48. The molecule has 1 saturated carbocycles. The lowest BCUT2D eigenvalue weighted by Crippen LogP contribution is -2.29. The quantitative estimate of drug-likeness (QED) is 0.302. The molecule has 0 heterocycles. The van der Waals surface area contributed by atoms with Crippen molar-refractivity contribution in [2.45, 2.75) is 23.6 Å². The van der Waals surface area contributed by atoms with Gasteiger partial charge in [-0.2, -0.15) is 0 Å². The first-order chi connectivity index (χ1) is 15.5. The van der Waals surface area contributed by atoms with Crippen LogP contribution >= 0.6 is 58.0 Å². The molecule has 0 unspecified atom stereocenters. The van der Waals surface area contributed by atoms with Crippen molar-refractivity contribution in [3.63, 3.8) is 0 Å². The average Bonchev–Trinajstić information content (AvgIpc) is 3.30. The van der Waals surface area contributed by atoms with Gasteiger partial charge in [0.25, 0.3) is 5.91 Å². The Kier molecular flexibility index (Phi) is 8.40. The summed E-state index contributed by atoms with van der Waals surface area (Å²) in [4.78, 5) is 36.3. The molecule has 33 heavy (non-hydrogen) atoms. The molecule has 2 aromatic carbocycles. The number of nitrogens with one attached hydrogen (secondary N) is 3. The number of benzene rings is 2. The second-order valence-electron chi connectivity index (χ2n) is 7.61. The Hall–Kier alpha value is -1.70. The number of alkyl halides is 2. The summed E-state index contributed by atoms with van der Waals surface area (Å²) in [5.41, 5.74) is 1.23. The molecule has 0 radical (unpaired) electrons. The number of halogens is 5. The first-order valence-electron chi connectivity index (χ1n) is 9.97. The van der Waals surface area contributed by atoms with Gasteiger partial charge in [-0.05, 0) is 48.4 Å². The van der Waals surface area contributed by atoms with Crippen molar-refractivity contribution in [1.82, 2.24) is 10.6 Å². The van der Waals surface area contributed by atoms with Gasteiger partial charge in [-0.1, -0.05) is 34.8 Å². The Morgan fingerprint density at radius 3 is 2.21 bits per heavy atom. The molecule has 0 aliphatic heterocycles. The zero-order valence-corrected chi connectivity index (χ0v) is 21.1. The third-order valence-corrected chi connectivity index (χ3v) is 6.78. The standard InChI is InChI=1S/C22H20Cl5N3O3/c1-11(31)28-5-2-6-29-20(32)16-10-15(3-4-17(16)25)30-21(33)19-18(22(19,26)27)12-7-13(23)9-14(24)8-12/h3-4,7-10,18-19H,2,5-6H2,1H3,(H,28,31)(H,29,32)(H,30,33)/t18-,19+/m0/s1. The summed E-state index contributed by atoms with van der Waals surface area (Å²) >= 11 is 31.1. The maximum atomic E-state index is 12.9. The molecule has 11 heteroatoms. The molecule has 0 bridgehead atoms. The molecule has 3 amide bonds. The SMILES string of the molecule is CC(=O)NCCCNC(=O)c1cc(NC(=O)[C@H]2[C@H](c3cc(Cl)cc(Cl)c3)C2(Cl)Cl)ccc1Cl. The molecule has 3 N–H and O–H groups in total. The predicted octanol–water partition coefficient (Wildman–Crippen LogP) is 5.43. The van der Waals surface area contributed by atoms with Crippen LogP contribution in [0.3, 0.4) is 0 Å². The summed E-state index contributed by atoms with van der Waals surface area (Å²) in [6.45, 7) is 2.21. The van der Waals surface area contributed by atoms with Gasteiger partial charge in [0.15, 0.2) is 0 Å². The minimum absolute atomic E-state index is 0.137. The van der Waals surface area contributed by atoms with E-state index in [1.54, 1.807) is 24.3 Å². The van der Waals surface area contributed by atoms with Crippen LogP contribution in [0.1, 0.15) is 35.2 Å². The first kappa shape index (κ1) is 25.9. The van der Waals surface area contributed by atoms with Gasteiger partial charge in [0.05, 0.1) is 16.5 Å². The molecule has 6 nitrogen and oxygen atoms in total. The monoisotopic (exact) mass is 549 g/mol. The zero-order chi connectivity index (χ0) is 24.3.